The number of rotatable bonds is 3. The molecule has 0 aliphatic carbocycles. The number of fused-ring (bicyclic) bond motifs is 1. The maximum Gasteiger partial charge on any atom is 0.175 e. The van der Waals surface area contributed by atoms with Crippen LogP contribution in [0.15, 0.2) is 77.7 Å². The average molecular weight is 376 g/mol. The Morgan fingerprint density at radius 1 is 0.815 bits per heavy atom. The molecular weight excluding hydrogens is 356 g/mol. The van der Waals surface area contributed by atoms with Crippen LogP contribution in [0.3, 0.4) is 0 Å². The van der Waals surface area contributed by atoms with Crippen molar-refractivity contribution in [3.05, 3.63) is 95.1 Å². The fourth-order valence-electron chi connectivity index (χ4n) is 3.27. The SMILES string of the molecule is Cc1ccc(C2=C(c3ccc(S(C)(=O)=O)cc3)Cc3ccccc3O2)cc1. The van der Waals surface area contributed by atoms with E-state index in [2.05, 4.69) is 37.3 Å². The Balaban J connectivity index is 1.85. The van der Waals surface area contributed by atoms with Crippen molar-refractivity contribution in [2.24, 2.45) is 0 Å². The lowest BCUT2D eigenvalue weighted by Crippen LogP contribution is -2.09. The lowest BCUT2D eigenvalue weighted by atomic mass is 9.92. The van der Waals surface area contributed by atoms with Crippen LogP contribution >= 0.6 is 0 Å². The first-order chi connectivity index (χ1) is 12.9. The zero-order chi connectivity index (χ0) is 19.0. The Morgan fingerprint density at radius 2 is 1.44 bits per heavy atom. The number of para-hydroxylation sites is 1. The van der Waals surface area contributed by atoms with Gasteiger partial charge >= 0.3 is 0 Å². The number of allylic oxidation sites excluding steroid dienone is 1. The zero-order valence-electron chi connectivity index (χ0n) is 15.3. The predicted molar refractivity (Wildman–Crippen MR) is 108 cm³/mol. The first-order valence-corrected chi connectivity index (χ1v) is 10.7. The first-order valence-electron chi connectivity index (χ1n) is 8.78. The second-order valence-electron chi connectivity index (χ2n) is 6.86. The molecule has 0 amide bonds. The standard InChI is InChI=1S/C23H20O3S/c1-16-7-9-18(10-8-16)23-21(15-19-5-3-4-6-22(19)26-23)17-11-13-20(14-12-17)27(2,24)25/h3-14H,15H2,1-2H3. The Kier molecular flexibility index (Phi) is 4.36. The first kappa shape index (κ1) is 17.6. The van der Waals surface area contributed by atoms with Crippen molar-refractivity contribution in [3.8, 4) is 5.75 Å². The third kappa shape index (κ3) is 3.53. The molecule has 4 rings (SSSR count). The third-order valence-corrected chi connectivity index (χ3v) is 5.90. The Hall–Kier alpha value is -2.85. The molecule has 3 nitrogen and oxygen atoms in total. The van der Waals surface area contributed by atoms with Gasteiger partial charge in [-0.15, -0.1) is 0 Å². The Labute approximate surface area is 159 Å². The molecule has 0 saturated carbocycles. The summed E-state index contributed by atoms with van der Waals surface area (Å²) < 4.78 is 29.8. The molecule has 3 aromatic rings. The van der Waals surface area contributed by atoms with Crippen molar-refractivity contribution in [2.45, 2.75) is 18.2 Å². The molecule has 1 heterocycles. The molecule has 0 aromatic heterocycles. The maximum atomic E-state index is 11.8. The van der Waals surface area contributed by atoms with Gasteiger partial charge in [0.1, 0.15) is 11.5 Å². The van der Waals surface area contributed by atoms with Gasteiger partial charge < -0.3 is 4.74 Å². The summed E-state index contributed by atoms with van der Waals surface area (Å²) in [5.74, 6) is 1.69. The van der Waals surface area contributed by atoms with Crippen LogP contribution < -0.4 is 4.74 Å². The van der Waals surface area contributed by atoms with Gasteiger partial charge in [-0.25, -0.2) is 8.42 Å². The molecule has 136 valence electrons. The Bertz CT molecular complexity index is 1120. The number of hydrogen-bond acceptors (Lipinski definition) is 3. The number of benzene rings is 3. The quantitative estimate of drug-likeness (QED) is 0.653. The van der Waals surface area contributed by atoms with Crippen LogP contribution in [0.25, 0.3) is 11.3 Å². The molecule has 0 unspecified atom stereocenters. The highest BCUT2D eigenvalue weighted by molar-refractivity contribution is 7.90. The topological polar surface area (TPSA) is 43.4 Å². The number of sulfone groups is 1. The minimum absolute atomic E-state index is 0.320. The summed E-state index contributed by atoms with van der Waals surface area (Å²) in [6.45, 7) is 2.06. The van der Waals surface area contributed by atoms with E-state index in [0.717, 1.165) is 40.2 Å². The minimum Gasteiger partial charge on any atom is -0.456 e. The van der Waals surface area contributed by atoms with E-state index in [1.54, 1.807) is 12.1 Å². The van der Waals surface area contributed by atoms with E-state index in [-0.39, 0.29) is 0 Å². The van der Waals surface area contributed by atoms with E-state index in [1.165, 1.54) is 11.8 Å². The van der Waals surface area contributed by atoms with Crippen LogP contribution in [-0.2, 0) is 16.3 Å². The molecule has 0 bridgehead atoms. The van der Waals surface area contributed by atoms with Gasteiger partial charge in [0.15, 0.2) is 9.84 Å². The lowest BCUT2D eigenvalue weighted by Gasteiger charge is -2.24. The van der Waals surface area contributed by atoms with Crippen LogP contribution in [-0.4, -0.2) is 14.7 Å². The molecule has 3 aromatic carbocycles. The van der Waals surface area contributed by atoms with Crippen molar-refractivity contribution < 1.29 is 13.2 Å². The molecule has 0 atom stereocenters. The van der Waals surface area contributed by atoms with Crippen LogP contribution in [0, 0.1) is 6.92 Å². The summed E-state index contributed by atoms with van der Waals surface area (Å²) >= 11 is 0. The van der Waals surface area contributed by atoms with Crippen molar-refractivity contribution in [3.63, 3.8) is 0 Å². The summed E-state index contributed by atoms with van der Waals surface area (Å²) in [5.41, 5.74) is 5.34. The van der Waals surface area contributed by atoms with E-state index in [1.807, 2.05) is 30.3 Å². The lowest BCUT2D eigenvalue weighted by molar-refractivity contribution is 0.502. The second kappa shape index (κ2) is 6.71. The summed E-state index contributed by atoms with van der Waals surface area (Å²) in [6, 6.07) is 23.3. The van der Waals surface area contributed by atoms with Crippen molar-refractivity contribution >= 4 is 21.2 Å². The van der Waals surface area contributed by atoms with E-state index < -0.39 is 9.84 Å². The maximum absolute atomic E-state index is 11.8. The normalized spacial score (nSPS) is 13.9. The highest BCUT2D eigenvalue weighted by atomic mass is 32.2. The van der Waals surface area contributed by atoms with Crippen LogP contribution in [0.1, 0.15) is 22.3 Å². The Morgan fingerprint density at radius 3 is 2.11 bits per heavy atom. The third-order valence-electron chi connectivity index (χ3n) is 4.77. The van der Waals surface area contributed by atoms with Gasteiger partial charge in [-0.1, -0.05) is 60.2 Å². The molecule has 0 N–H and O–H groups in total. The van der Waals surface area contributed by atoms with E-state index in [4.69, 9.17) is 4.74 Å². The van der Waals surface area contributed by atoms with Crippen LogP contribution in [0.2, 0.25) is 0 Å². The fraction of sp³-hybridized carbons (Fsp3) is 0.130. The zero-order valence-corrected chi connectivity index (χ0v) is 16.1. The summed E-state index contributed by atoms with van der Waals surface area (Å²) in [7, 11) is -3.22. The molecule has 1 aliphatic rings. The van der Waals surface area contributed by atoms with Gasteiger partial charge in [-0.3, -0.25) is 0 Å². The molecule has 1 aliphatic heterocycles. The number of ether oxygens (including phenoxy) is 1. The van der Waals surface area contributed by atoms with E-state index in [0.29, 0.717) is 4.90 Å². The van der Waals surface area contributed by atoms with Crippen LogP contribution in [0.4, 0.5) is 0 Å². The van der Waals surface area contributed by atoms with Gasteiger partial charge in [-0.05, 0) is 36.2 Å². The summed E-state index contributed by atoms with van der Waals surface area (Å²) in [5, 5.41) is 0. The fourth-order valence-corrected chi connectivity index (χ4v) is 3.90. The minimum atomic E-state index is -3.22. The smallest absolute Gasteiger partial charge is 0.175 e. The van der Waals surface area contributed by atoms with Crippen LogP contribution in [0.5, 0.6) is 5.75 Å². The van der Waals surface area contributed by atoms with E-state index in [9.17, 15) is 8.42 Å². The molecule has 0 spiro atoms. The van der Waals surface area contributed by atoms with Gasteiger partial charge in [0, 0.05) is 23.8 Å². The molecule has 27 heavy (non-hydrogen) atoms. The summed E-state index contributed by atoms with van der Waals surface area (Å²) in [4.78, 5) is 0.320. The van der Waals surface area contributed by atoms with Crippen molar-refractivity contribution in [2.75, 3.05) is 6.26 Å². The van der Waals surface area contributed by atoms with Crippen molar-refractivity contribution in [1.82, 2.24) is 0 Å². The largest absolute Gasteiger partial charge is 0.456 e. The number of hydrogen-bond donors (Lipinski definition) is 0. The average Bonchev–Trinajstić information content (AvgIpc) is 2.67. The second-order valence-corrected chi connectivity index (χ2v) is 8.87. The van der Waals surface area contributed by atoms with Gasteiger partial charge in [0.05, 0.1) is 4.90 Å². The predicted octanol–water partition coefficient (Wildman–Crippen LogP) is 4.90. The molecule has 0 fully saturated rings. The van der Waals surface area contributed by atoms with Crippen molar-refractivity contribution in [1.29, 1.82) is 0 Å². The van der Waals surface area contributed by atoms with Gasteiger partial charge in [0.2, 0.25) is 0 Å². The molecule has 4 heteroatoms. The summed E-state index contributed by atoms with van der Waals surface area (Å²) in [6.07, 6.45) is 1.95. The molecule has 0 saturated heterocycles. The van der Waals surface area contributed by atoms with Gasteiger partial charge in [-0.2, -0.15) is 0 Å². The molecular formula is C23H20O3S. The number of aryl methyl sites for hydroxylation is 1. The highest BCUT2D eigenvalue weighted by Gasteiger charge is 2.22. The monoisotopic (exact) mass is 376 g/mol. The van der Waals surface area contributed by atoms with Gasteiger partial charge in [0.25, 0.3) is 0 Å². The molecule has 0 radical (unpaired) electrons. The highest BCUT2D eigenvalue weighted by Crippen LogP contribution is 2.39. The van der Waals surface area contributed by atoms with E-state index >= 15 is 0 Å².